The number of benzene rings is 6. The van der Waals surface area contributed by atoms with E-state index in [0.29, 0.717) is 23.2 Å². The van der Waals surface area contributed by atoms with Crippen molar-refractivity contribution in [3.8, 4) is 39.9 Å². The Bertz CT molecular complexity index is 2980. The van der Waals surface area contributed by atoms with E-state index in [4.69, 9.17) is 23.8 Å². The van der Waals surface area contributed by atoms with Crippen LogP contribution < -0.4 is 0 Å². The molecule has 0 saturated carbocycles. The van der Waals surface area contributed by atoms with Crippen LogP contribution in [0.15, 0.2) is 161 Å². The van der Waals surface area contributed by atoms with Crippen molar-refractivity contribution in [2.75, 3.05) is 0 Å². The van der Waals surface area contributed by atoms with Crippen molar-refractivity contribution in [1.29, 1.82) is 0 Å². The molecule has 5 heterocycles. The predicted molar refractivity (Wildman–Crippen MR) is 203 cm³/mol. The van der Waals surface area contributed by atoms with Gasteiger partial charge in [-0.1, -0.05) is 91.0 Å². The fourth-order valence-electron chi connectivity index (χ4n) is 7.54. The average molecular weight is 656 g/mol. The highest BCUT2D eigenvalue weighted by atomic mass is 16.3. The van der Waals surface area contributed by atoms with Crippen molar-refractivity contribution in [2.45, 2.75) is 0 Å². The first-order valence-corrected chi connectivity index (χ1v) is 16.8. The summed E-state index contributed by atoms with van der Waals surface area (Å²) in [6.07, 6.45) is 1.74. The van der Waals surface area contributed by atoms with E-state index in [0.717, 1.165) is 71.7 Å². The van der Waals surface area contributed by atoms with E-state index in [9.17, 15) is 0 Å². The van der Waals surface area contributed by atoms with Gasteiger partial charge in [0.25, 0.3) is 0 Å². The van der Waals surface area contributed by atoms with Gasteiger partial charge in [0, 0.05) is 60.9 Å². The third-order valence-electron chi connectivity index (χ3n) is 9.74. The van der Waals surface area contributed by atoms with Crippen LogP contribution in [-0.2, 0) is 0 Å². The molecule has 0 bridgehead atoms. The zero-order valence-electron chi connectivity index (χ0n) is 27.0. The van der Waals surface area contributed by atoms with Gasteiger partial charge in [0.1, 0.15) is 16.7 Å². The number of pyridine rings is 1. The number of nitrogens with zero attached hydrogens (tertiary/aromatic N) is 5. The summed E-state index contributed by atoms with van der Waals surface area (Å²) in [5.74, 6) is 1.65. The van der Waals surface area contributed by atoms with Gasteiger partial charge < -0.3 is 13.4 Å². The van der Waals surface area contributed by atoms with Gasteiger partial charge in [-0.05, 0) is 54.6 Å². The second-order valence-corrected chi connectivity index (χ2v) is 12.6. The number of hydrogen-bond donors (Lipinski definition) is 0. The molecule has 0 amide bonds. The lowest BCUT2D eigenvalue weighted by Crippen LogP contribution is -2.01. The second kappa shape index (κ2) is 10.7. The third kappa shape index (κ3) is 4.18. The number of aromatic nitrogens is 5. The standard InChI is InChI=1S/C44H25N5O2/c1-4-19-34-28(13-1)29-14-2-5-20-35(29)49(34)27-12-7-11-26(25-27)41-46-42(31-16-8-22-37-39(31)30-15-3-6-21-36(30)50-37)48-43(47-41)32-17-9-23-38-40(32)33-18-10-24-45-44(33)51-38/h1-25H. The lowest BCUT2D eigenvalue weighted by atomic mass is 10.0. The van der Waals surface area contributed by atoms with Crippen molar-refractivity contribution in [2.24, 2.45) is 0 Å². The smallest absolute Gasteiger partial charge is 0.227 e. The zero-order valence-corrected chi connectivity index (χ0v) is 27.0. The van der Waals surface area contributed by atoms with Crippen molar-refractivity contribution < 1.29 is 8.83 Å². The number of para-hydroxylation sites is 3. The van der Waals surface area contributed by atoms with Gasteiger partial charge in [-0.3, -0.25) is 0 Å². The lowest BCUT2D eigenvalue weighted by molar-refractivity contribution is 0.654. The Morgan fingerprint density at radius 3 is 1.75 bits per heavy atom. The zero-order chi connectivity index (χ0) is 33.5. The molecule has 0 aliphatic rings. The van der Waals surface area contributed by atoms with Gasteiger partial charge in [-0.15, -0.1) is 0 Å². The van der Waals surface area contributed by atoms with Crippen molar-refractivity contribution in [1.82, 2.24) is 24.5 Å². The fraction of sp³-hybridized carbons (Fsp3) is 0. The lowest BCUT2D eigenvalue weighted by Gasteiger charge is -2.12. The highest BCUT2D eigenvalue weighted by molar-refractivity contribution is 6.13. The molecule has 0 saturated heterocycles. The molecule has 0 fully saturated rings. The Balaban J connectivity index is 1.19. The van der Waals surface area contributed by atoms with Crippen LogP contribution in [0.25, 0.3) is 106 Å². The van der Waals surface area contributed by atoms with E-state index in [2.05, 4.69) is 94.5 Å². The molecule has 0 aliphatic heterocycles. The topological polar surface area (TPSA) is 82.8 Å². The van der Waals surface area contributed by atoms with Gasteiger partial charge in [0.2, 0.25) is 5.71 Å². The Labute approximate surface area is 290 Å². The summed E-state index contributed by atoms with van der Waals surface area (Å²) >= 11 is 0. The van der Waals surface area contributed by atoms with E-state index in [1.165, 1.54) is 10.8 Å². The van der Waals surface area contributed by atoms with Crippen LogP contribution in [0.5, 0.6) is 0 Å². The molecule has 238 valence electrons. The molecule has 5 aromatic heterocycles. The predicted octanol–water partition coefficient (Wildman–Crippen LogP) is 11.2. The number of rotatable bonds is 4. The Morgan fingerprint density at radius 2 is 1.00 bits per heavy atom. The van der Waals surface area contributed by atoms with Gasteiger partial charge >= 0.3 is 0 Å². The molecule has 11 rings (SSSR count). The fourth-order valence-corrected chi connectivity index (χ4v) is 7.54. The summed E-state index contributed by atoms with van der Waals surface area (Å²) < 4.78 is 14.7. The molecule has 7 nitrogen and oxygen atoms in total. The molecule has 0 N–H and O–H groups in total. The van der Waals surface area contributed by atoms with Crippen LogP contribution >= 0.6 is 0 Å². The summed E-state index contributed by atoms with van der Waals surface area (Å²) in [6, 6.07) is 49.5. The quantitative estimate of drug-likeness (QED) is 0.188. The molecule has 0 spiro atoms. The highest BCUT2D eigenvalue weighted by Crippen LogP contribution is 2.39. The van der Waals surface area contributed by atoms with Gasteiger partial charge in [0.15, 0.2) is 17.5 Å². The normalized spacial score (nSPS) is 11.9. The van der Waals surface area contributed by atoms with Gasteiger partial charge in [0.05, 0.1) is 11.0 Å². The molecule has 6 aromatic carbocycles. The molecular formula is C44H25N5O2. The molecule has 0 unspecified atom stereocenters. The second-order valence-electron chi connectivity index (χ2n) is 12.6. The minimum absolute atomic E-state index is 0.541. The number of furan rings is 2. The van der Waals surface area contributed by atoms with Crippen molar-refractivity contribution in [3.05, 3.63) is 152 Å². The minimum Gasteiger partial charge on any atom is -0.456 e. The van der Waals surface area contributed by atoms with E-state index in [-0.39, 0.29) is 0 Å². The monoisotopic (exact) mass is 655 g/mol. The summed E-state index contributed by atoms with van der Waals surface area (Å²) in [5, 5.41) is 6.20. The van der Waals surface area contributed by atoms with E-state index >= 15 is 0 Å². The molecule has 7 heteroatoms. The summed E-state index contributed by atoms with van der Waals surface area (Å²) in [6.45, 7) is 0. The van der Waals surface area contributed by atoms with Crippen LogP contribution in [0, 0.1) is 0 Å². The van der Waals surface area contributed by atoms with Crippen LogP contribution in [0.4, 0.5) is 0 Å². The van der Waals surface area contributed by atoms with E-state index in [1.807, 2.05) is 60.7 Å². The van der Waals surface area contributed by atoms with E-state index < -0.39 is 0 Å². The van der Waals surface area contributed by atoms with Crippen molar-refractivity contribution >= 4 is 65.8 Å². The Morgan fingerprint density at radius 1 is 0.431 bits per heavy atom. The van der Waals surface area contributed by atoms with Crippen LogP contribution in [0.1, 0.15) is 0 Å². The summed E-state index contributed by atoms with van der Waals surface area (Å²) in [7, 11) is 0. The molecule has 0 aliphatic carbocycles. The van der Waals surface area contributed by atoms with Gasteiger partial charge in [-0.25, -0.2) is 19.9 Å². The Hall–Kier alpha value is -7.12. The maximum absolute atomic E-state index is 6.27. The van der Waals surface area contributed by atoms with E-state index in [1.54, 1.807) is 6.20 Å². The van der Waals surface area contributed by atoms with Crippen LogP contribution in [-0.4, -0.2) is 24.5 Å². The molecule has 11 aromatic rings. The molecule has 0 atom stereocenters. The maximum Gasteiger partial charge on any atom is 0.227 e. The largest absolute Gasteiger partial charge is 0.456 e. The highest BCUT2D eigenvalue weighted by Gasteiger charge is 2.21. The summed E-state index contributed by atoms with van der Waals surface area (Å²) in [5.41, 5.74) is 8.76. The first kappa shape index (κ1) is 27.8. The van der Waals surface area contributed by atoms with Gasteiger partial charge in [-0.2, -0.15) is 0 Å². The first-order chi connectivity index (χ1) is 25.3. The first-order valence-electron chi connectivity index (χ1n) is 16.8. The maximum atomic E-state index is 6.27. The minimum atomic E-state index is 0.541. The molecule has 0 radical (unpaired) electrons. The average Bonchev–Trinajstić information content (AvgIpc) is 3.87. The number of hydrogen-bond acceptors (Lipinski definition) is 6. The molecule has 51 heavy (non-hydrogen) atoms. The third-order valence-corrected chi connectivity index (χ3v) is 9.74. The number of fused-ring (bicyclic) bond motifs is 9. The molecular weight excluding hydrogens is 631 g/mol. The van der Waals surface area contributed by atoms with Crippen LogP contribution in [0.3, 0.4) is 0 Å². The summed E-state index contributed by atoms with van der Waals surface area (Å²) in [4.78, 5) is 20.1. The van der Waals surface area contributed by atoms with Crippen molar-refractivity contribution in [3.63, 3.8) is 0 Å². The Kier molecular flexibility index (Phi) is 5.83. The SMILES string of the molecule is c1cc(-c2nc(-c3cccc4oc5ccccc5c34)nc(-c3cccc4oc5ncccc5c34)n2)cc(-n2c3ccccc3c3ccccc32)c1. The van der Waals surface area contributed by atoms with Crippen LogP contribution in [0.2, 0.25) is 0 Å².